The molecule has 1 aromatic heterocycles. The topological polar surface area (TPSA) is 16.1 Å². The van der Waals surface area contributed by atoms with Gasteiger partial charge in [0.25, 0.3) is 0 Å². The Kier molecular flexibility index (Phi) is 5.86. The largest absolute Gasteiger partial charge is 0.358 e. The Balaban J connectivity index is 1.49. The average molecular weight is 538 g/mol. The molecule has 136 valence electrons. The first-order valence-electron chi connectivity index (χ1n) is 8.39. The van der Waals surface area contributed by atoms with E-state index in [0.29, 0.717) is 25.0 Å². The van der Waals surface area contributed by atoms with Gasteiger partial charge in [-0.2, -0.15) is 0 Å². The number of hydrogen-bond donors (Lipinski definition) is 0. The highest BCUT2D eigenvalue weighted by Crippen LogP contribution is 2.38. The third-order valence-electron chi connectivity index (χ3n) is 4.86. The van der Waals surface area contributed by atoms with Crippen LogP contribution in [0.5, 0.6) is 0 Å². The predicted molar refractivity (Wildman–Crippen MR) is 123 cm³/mol. The number of halogens is 4. The van der Waals surface area contributed by atoms with Crippen molar-refractivity contribution >= 4 is 84.6 Å². The fourth-order valence-corrected chi connectivity index (χ4v) is 6.24. The Labute approximate surface area is 185 Å². The number of hydrogen-bond acceptors (Lipinski definition) is 3. The maximum atomic E-state index is 6.18. The number of aromatic nitrogens is 1. The van der Waals surface area contributed by atoms with E-state index in [4.69, 9.17) is 34.8 Å². The molecule has 0 aliphatic carbocycles. The molecule has 1 fully saturated rings. The molecule has 1 aliphatic rings. The van der Waals surface area contributed by atoms with E-state index in [1.807, 2.05) is 17.6 Å². The number of benzene rings is 2. The highest BCUT2D eigenvalue weighted by molar-refractivity contribution is 14.1. The Bertz CT molecular complexity index is 922. The van der Waals surface area contributed by atoms with E-state index < -0.39 is 0 Å². The van der Waals surface area contributed by atoms with Gasteiger partial charge >= 0.3 is 0 Å². The van der Waals surface area contributed by atoms with Crippen molar-refractivity contribution in [1.29, 1.82) is 0 Å². The third-order valence-corrected chi connectivity index (χ3v) is 8.03. The lowest BCUT2D eigenvalue weighted by atomic mass is 9.90. The van der Waals surface area contributed by atoms with Crippen molar-refractivity contribution < 1.29 is 0 Å². The van der Waals surface area contributed by atoms with E-state index in [1.54, 1.807) is 11.3 Å². The summed E-state index contributed by atoms with van der Waals surface area (Å²) in [5.74, 6) is 0.607. The summed E-state index contributed by atoms with van der Waals surface area (Å²) in [6.45, 7) is 1.03. The summed E-state index contributed by atoms with van der Waals surface area (Å²) in [6.07, 6.45) is 3.24. The van der Waals surface area contributed by atoms with Gasteiger partial charge in [0, 0.05) is 6.54 Å². The molecule has 0 spiro atoms. The molecule has 26 heavy (non-hydrogen) atoms. The second-order valence-corrected chi connectivity index (χ2v) is 10.1. The van der Waals surface area contributed by atoms with Crippen molar-refractivity contribution in [3.63, 3.8) is 0 Å². The van der Waals surface area contributed by atoms with Gasteiger partial charge in [-0.3, -0.25) is 0 Å². The van der Waals surface area contributed by atoms with Gasteiger partial charge in [-0.15, -0.1) is 11.3 Å². The van der Waals surface area contributed by atoms with Gasteiger partial charge in [0.05, 0.1) is 35.0 Å². The molecule has 0 radical (unpaired) electrons. The molecule has 1 saturated heterocycles. The van der Waals surface area contributed by atoms with E-state index in [2.05, 4.69) is 50.7 Å². The molecule has 0 amide bonds. The van der Waals surface area contributed by atoms with Crippen molar-refractivity contribution in [3.05, 3.63) is 56.5 Å². The summed E-state index contributed by atoms with van der Waals surface area (Å²) in [7, 11) is 0. The molecule has 3 aromatic rings. The summed E-state index contributed by atoms with van der Waals surface area (Å²) in [5, 5.41) is 1.51. The van der Waals surface area contributed by atoms with E-state index in [-0.39, 0.29) is 0 Å². The van der Waals surface area contributed by atoms with Crippen molar-refractivity contribution in [3.8, 4) is 0 Å². The molecule has 1 aliphatic heterocycles. The summed E-state index contributed by atoms with van der Waals surface area (Å²) >= 11 is 22.7. The van der Waals surface area contributed by atoms with Crippen LogP contribution in [-0.4, -0.2) is 15.6 Å². The number of thiazole rings is 1. The number of rotatable bonds is 3. The average Bonchev–Trinajstić information content (AvgIpc) is 3.09. The highest BCUT2D eigenvalue weighted by atomic mass is 127. The molecule has 2 atom stereocenters. The zero-order valence-electron chi connectivity index (χ0n) is 13.8. The number of fused-ring (bicyclic) bond motifs is 1. The van der Waals surface area contributed by atoms with Gasteiger partial charge < -0.3 is 4.90 Å². The first-order chi connectivity index (χ1) is 12.5. The third kappa shape index (κ3) is 3.81. The van der Waals surface area contributed by atoms with Crippen LogP contribution in [0.4, 0.5) is 5.69 Å². The van der Waals surface area contributed by atoms with Crippen molar-refractivity contribution in [2.75, 3.05) is 11.4 Å². The van der Waals surface area contributed by atoms with Crippen LogP contribution in [0.15, 0.2) is 35.8 Å². The molecule has 4 rings (SSSR count). The number of piperidine rings is 1. The lowest BCUT2D eigenvalue weighted by Gasteiger charge is -2.38. The number of anilines is 1. The quantitative estimate of drug-likeness (QED) is 0.149. The molecule has 0 saturated carbocycles. The van der Waals surface area contributed by atoms with Gasteiger partial charge in [-0.05, 0) is 55.0 Å². The number of nitrogens with zero attached hydrogens (tertiary/aromatic N) is 2. The molecular formula is C19H16Cl3IN2S. The fourth-order valence-electron chi connectivity index (χ4n) is 3.60. The second-order valence-electron chi connectivity index (χ2n) is 6.57. The number of para-hydroxylation sites is 1. The van der Waals surface area contributed by atoms with Gasteiger partial charge in [0.2, 0.25) is 0 Å². The molecular weight excluding hydrogens is 522 g/mol. The Morgan fingerprint density at radius 2 is 1.96 bits per heavy atom. The lowest BCUT2D eigenvalue weighted by molar-refractivity contribution is 0.396. The van der Waals surface area contributed by atoms with E-state index in [9.17, 15) is 0 Å². The lowest BCUT2D eigenvalue weighted by Crippen LogP contribution is -2.39. The van der Waals surface area contributed by atoms with Gasteiger partial charge in [-0.25, -0.2) is 4.98 Å². The van der Waals surface area contributed by atoms with Crippen LogP contribution in [-0.2, 0) is 6.42 Å². The Hall–Kier alpha value is -0.270. The molecule has 0 bridgehead atoms. The highest BCUT2D eigenvalue weighted by Gasteiger charge is 2.28. The van der Waals surface area contributed by atoms with Crippen LogP contribution in [0.25, 0.3) is 10.2 Å². The SMILES string of the molecule is Clc1cc(CC2CCN(c3cccc4scnc34)C(I)C2)cc(Cl)c1Cl. The first kappa shape index (κ1) is 19.1. The zero-order chi connectivity index (χ0) is 18.3. The smallest absolute Gasteiger partial charge is 0.104 e. The van der Waals surface area contributed by atoms with Crippen molar-refractivity contribution in [1.82, 2.24) is 4.98 Å². The maximum absolute atomic E-state index is 6.18. The minimum atomic E-state index is 0.440. The summed E-state index contributed by atoms with van der Waals surface area (Å²) in [4.78, 5) is 7.06. The normalized spacial score (nSPS) is 20.7. The van der Waals surface area contributed by atoms with E-state index in [1.165, 1.54) is 10.4 Å². The van der Waals surface area contributed by atoms with Crippen molar-refractivity contribution in [2.24, 2.45) is 5.92 Å². The van der Waals surface area contributed by atoms with E-state index in [0.717, 1.165) is 36.9 Å². The van der Waals surface area contributed by atoms with Crippen LogP contribution < -0.4 is 4.90 Å². The van der Waals surface area contributed by atoms with Gasteiger partial charge in [-0.1, -0.05) is 63.5 Å². The fraction of sp³-hybridized carbons (Fsp3) is 0.316. The monoisotopic (exact) mass is 536 g/mol. The molecule has 7 heteroatoms. The Morgan fingerprint density at radius 3 is 2.69 bits per heavy atom. The van der Waals surface area contributed by atoms with E-state index >= 15 is 0 Å². The summed E-state index contributed by atoms with van der Waals surface area (Å²) in [5.41, 5.74) is 5.46. The minimum absolute atomic E-state index is 0.440. The van der Waals surface area contributed by atoms with Gasteiger partial charge in [0.1, 0.15) is 5.52 Å². The van der Waals surface area contributed by atoms with Crippen LogP contribution in [0.2, 0.25) is 15.1 Å². The first-order valence-corrected chi connectivity index (χ1v) is 11.6. The molecule has 2 heterocycles. The summed E-state index contributed by atoms with van der Waals surface area (Å²) < 4.78 is 1.69. The molecule has 2 nitrogen and oxygen atoms in total. The predicted octanol–water partition coefficient (Wildman–Crippen LogP) is 7.48. The second kappa shape index (κ2) is 8.00. The van der Waals surface area contributed by atoms with Crippen LogP contribution in [0, 0.1) is 5.92 Å². The molecule has 0 N–H and O–H groups in total. The number of alkyl halides is 1. The molecule has 2 unspecified atom stereocenters. The zero-order valence-corrected chi connectivity index (χ0v) is 19.0. The minimum Gasteiger partial charge on any atom is -0.358 e. The van der Waals surface area contributed by atoms with Crippen LogP contribution in [0.3, 0.4) is 0 Å². The summed E-state index contributed by atoms with van der Waals surface area (Å²) in [6, 6.07) is 10.3. The maximum Gasteiger partial charge on any atom is 0.104 e. The standard InChI is InChI=1S/C19H16Cl3IN2S/c20-13-7-12(8-14(21)18(13)22)6-11-4-5-25(17(23)9-11)15-2-1-3-16-19(15)24-10-26-16/h1-3,7-8,10-11,17H,4-6,9H2. The Morgan fingerprint density at radius 1 is 1.19 bits per heavy atom. The van der Waals surface area contributed by atoms with Crippen LogP contribution in [0.1, 0.15) is 18.4 Å². The molecule has 2 aromatic carbocycles. The van der Waals surface area contributed by atoms with Crippen LogP contribution >= 0.6 is 68.7 Å². The van der Waals surface area contributed by atoms with Gasteiger partial charge in [0.15, 0.2) is 0 Å². The van der Waals surface area contributed by atoms with Crippen molar-refractivity contribution in [2.45, 2.75) is 23.3 Å².